The normalized spacial score (nSPS) is 11.6. The summed E-state index contributed by atoms with van der Waals surface area (Å²) in [6.45, 7) is 5.80. The molecule has 0 aliphatic rings. The van der Waals surface area contributed by atoms with Crippen molar-refractivity contribution in [1.82, 2.24) is 20.3 Å². The number of nitrogens with one attached hydrogen (secondary N) is 1. The van der Waals surface area contributed by atoms with Gasteiger partial charge in [-0.1, -0.05) is 37.3 Å². The molecular weight excluding hydrogens is 268 g/mol. The number of fused-ring (bicyclic) bond motifs is 1. The minimum atomic E-state index is 0.459. The molecule has 104 valence electrons. The number of benzene rings is 1. The lowest BCUT2D eigenvalue weighted by molar-refractivity contribution is 0.580. The molecule has 0 bridgehead atoms. The monoisotopic (exact) mass is 286 g/mol. The SMILES string of the molecule is CC(C)NCc1cn(Cc2csc3ccccc23)nn1. The summed E-state index contributed by atoms with van der Waals surface area (Å²) in [4.78, 5) is 0. The Labute approximate surface area is 122 Å². The smallest absolute Gasteiger partial charge is 0.0965 e. The number of rotatable bonds is 5. The van der Waals surface area contributed by atoms with Gasteiger partial charge in [0, 0.05) is 17.3 Å². The first kappa shape index (κ1) is 13.3. The van der Waals surface area contributed by atoms with E-state index in [9.17, 15) is 0 Å². The van der Waals surface area contributed by atoms with E-state index in [-0.39, 0.29) is 0 Å². The average molecular weight is 286 g/mol. The van der Waals surface area contributed by atoms with Crippen molar-refractivity contribution in [2.45, 2.75) is 33.0 Å². The number of nitrogens with zero attached hydrogens (tertiary/aromatic N) is 3. The lowest BCUT2D eigenvalue weighted by Crippen LogP contribution is -2.21. The Morgan fingerprint density at radius 2 is 2.15 bits per heavy atom. The molecule has 0 amide bonds. The van der Waals surface area contributed by atoms with E-state index in [1.165, 1.54) is 15.6 Å². The summed E-state index contributed by atoms with van der Waals surface area (Å²) in [5, 5.41) is 15.3. The topological polar surface area (TPSA) is 42.7 Å². The fraction of sp³-hybridized carbons (Fsp3) is 0.333. The van der Waals surface area contributed by atoms with Crippen molar-refractivity contribution in [3.8, 4) is 0 Å². The fourth-order valence-electron chi connectivity index (χ4n) is 2.14. The molecule has 0 aliphatic heterocycles. The van der Waals surface area contributed by atoms with Crippen LogP contribution < -0.4 is 5.32 Å². The van der Waals surface area contributed by atoms with Crippen molar-refractivity contribution in [1.29, 1.82) is 0 Å². The summed E-state index contributed by atoms with van der Waals surface area (Å²) in [5.41, 5.74) is 2.29. The summed E-state index contributed by atoms with van der Waals surface area (Å²) in [6.07, 6.45) is 2.02. The van der Waals surface area contributed by atoms with Crippen LogP contribution in [0.5, 0.6) is 0 Å². The second-order valence-electron chi connectivity index (χ2n) is 5.20. The van der Waals surface area contributed by atoms with Crippen LogP contribution in [0.15, 0.2) is 35.8 Å². The van der Waals surface area contributed by atoms with Crippen molar-refractivity contribution in [3.05, 3.63) is 47.1 Å². The van der Waals surface area contributed by atoms with Crippen LogP contribution >= 0.6 is 11.3 Å². The van der Waals surface area contributed by atoms with Crippen LogP contribution in [0.4, 0.5) is 0 Å². The second-order valence-corrected chi connectivity index (χ2v) is 6.11. The molecule has 0 aliphatic carbocycles. The van der Waals surface area contributed by atoms with Crippen molar-refractivity contribution in [2.75, 3.05) is 0 Å². The zero-order valence-electron chi connectivity index (χ0n) is 11.7. The van der Waals surface area contributed by atoms with Gasteiger partial charge >= 0.3 is 0 Å². The van der Waals surface area contributed by atoms with Gasteiger partial charge in [-0.2, -0.15) is 0 Å². The van der Waals surface area contributed by atoms with Crippen molar-refractivity contribution in [2.24, 2.45) is 0 Å². The minimum Gasteiger partial charge on any atom is -0.309 e. The highest BCUT2D eigenvalue weighted by atomic mass is 32.1. The van der Waals surface area contributed by atoms with Gasteiger partial charge in [0.2, 0.25) is 0 Å². The molecule has 5 heteroatoms. The van der Waals surface area contributed by atoms with E-state index in [1.807, 2.05) is 10.9 Å². The van der Waals surface area contributed by atoms with Gasteiger partial charge in [-0.15, -0.1) is 16.4 Å². The van der Waals surface area contributed by atoms with E-state index in [0.717, 1.165) is 18.8 Å². The zero-order chi connectivity index (χ0) is 13.9. The van der Waals surface area contributed by atoms with E-state index >= 15 is 0 Å². The minimum absolute atomic E-state index is 0.459. The number of hydrogen-bond acceptors (Lipinski definition) is 4. The Morgan fingerprint density at radius 3 is 3.00 bits per heavy atom. The first-order valence-electron chi connectivity index (χ1n) is 6.80. The van der Waals surface area contributed by atoms with Gasteiger partial charge in [0.1, 0.15) is 0 Å². The highest BCUT2D eigenvalue weighted by Crippen LogP contribution is 2.25. The molecule has 20 heavy (non-hydrogen) atoms. The average Bonchev–Trinajstić information content (AvgIpc) is 3.05. The molecule has 0 spiro atoms. The largest absolute Gasteiger partial charge is 0.309 e. The third kappa shape index (κ3) is 2.89. The van der Waals surface area contributed by atoms with Crippen LogP contribution in [0.1, 0.15) is 25.1 Å². The second kappa shape index (κ2) is 5.73. The predicted molar refractivity (Wildman–Crippen MR) is 82.9 cm³/mol. The predicted octanol–water partition coefficient (Wildman–Crippen LogP) is 3.04. The number of aromatic nitrogens is 3. The molecule has 2 aromatic heterocycles. The van der Waals surface area contributed by atoms with Crippen LogP contribution in [0.25, 0.3) is 10.1 Å². The first-order valence-corrected chi connectivity index (χ1v) is 7.68. The van der Waals surface area contributed by atoms with E-state index in [0.29, 0.717) is 6.04 Å². The van der Waals surface area contributed by atoms with Gasteiger partial charge in [0.15, 0.2) is 0 Å². The standard InChI is InChI=1S/C15H18N4S/c1-11(2)16-7-13-9-19(18-17-13)8-12-10-20-15-6-4-3-5-14(12)15/h3-6,9-11,16H,7-8H2,1-2H3. The Hall–Kier alpha value is -1.72. The summed E-state index contributed by atoms with van der Waals surface area (Å²) in [6, 6.07) is 8.94. The van der Waals surface area contributed by atoms with Crippen LogP contribution in [-0.2, 0) is 13.1 Å². The first-order chi connectivity index (χ1) is 9.72. The number of thiophene rings is 1. The van der Waals surface area contributed by atoms with Gasteiger partial charge in [0.25, 0.3) is 0 Å². The van der Waals surface area contributed by atoms with Crippen LogP contribution in [0.2, 0.25) is 0 Å². The highest BCUT2D eigenvalue weighted by Gasteiger charge is 2.06. The van der Waals surface area contributed by atoms with Gasteiger partial charge in [0.05, 0.1) is 18.4 Å². The Balaban J connectivity index is 1.74. The fourth-order valence-corrected chi connectivity index (χ4v) is 3.09. The molecule has 4 nitrogen and oxygen atoms in total. The molecular formula is C15H18N4S. The van der Waals surface area contributed by atoms with Crippen LogP contribution in [0.3, 0.4) is 0 Å². The Kier molecular flexibility index (Phi) is 3.80. The third-order valence-electron chi connectivity index (χ3n) is 3.17. The van der Waals surface area contributed by atoms with E-state index < -0.39 is 0 Å². The molecule has 0 radical (unpaired) electrons. The van der Waals surface area contributed by atoms with Gasteiger partial charge in [-0.05, 0) is 22.4 Å². The maximum absolute atomic E-state index is 4.21. The Bertz CT molecular complexity index is 699. The third-order valence-corrected chi connectivity index (χ3v) is 4.18. The maximum Gasteiger partial charge on any atom is 0.0965 e. The lowest BCUT2D eigenvalue weighted by atomic mass is 10.2. The summed E-state index contributed by atoms with van der Waals surface area (Å²) in [7, 11) is 0. The molecule has 2 heterocycles. The maximum atomic E-state index is 4.21. The molecule has 1 aromatic carbocycles. The van der Waals surface area contributed by atoms with Crippen LogP contribution in [-0.4, -0.2) is 21.0 Å². The molecule has 0 fully saturated rings. The quantitative estimate of drug-likeness (QED) is 0.784. The van der Waals surface area contributed by atoms with E-state index in [1.54, 1.807) is 11.3 Å². The molecule has 0 saturated heterocycles. The van der Waals surface area contributed by atoms with Crippen molar-refractivity contribution >= 4 is 21.4 Å². The van der Waals surface area contributed by atoms with Gasteiger partial charge < -0.3 is 5.32 Å². The van der Waals surface area contributed by atoms with Gasteiger partial charge in [-0.3, -0.25) is 0 Å². The molecule has 3 aromatic rings. The lowest BCUT2D eigenvalue weighted by Gasteiger charge is -2.04. The molecule has 0 unspecified atom stereocenters. The molecule has 3 rings (SSSR count). The van der Waals surface area contributed by atoms with Crippen molar-refractivity contribution in [3.63, 3.8) is 0 Å². The molecule has 0 saturated carbocycles. The summed E-state index contributed by atoms with van der Waals surface area (Å²) < 4.78 is 3.23. The Morgan fingerprint density at radius 1 is 1.30 bits per heavy atom. The van der Waals surface area contributed by atoms with Crippen molar-refractivity contribution < 1.29 is 0 Å². The van der Waals surface area contributed by atoms with Gasteiger partial charge in [-0.25, -0.2) is 4.68 Å². The zero-order valence-corrected chi connectivity index (χ0v) is 12.5. The van der Waals surface area contributed by atoms with E-state index in [4.69, 9.17) is 0 Å². The number of hydrogen-bond donors (Lipinski definition) is 1. The summed E-state index contributed by atoms with van der Waals surface area (Å²) >= 11 is 1.78. The van der Waals surface area contributed by atoms with E-state index in [2.05, 4.69) is 59.1 Å². The highest BCUT2D eigenvalue weighted by molar-refractivity contribution is 7.17. The molecule has 1 N–H and O–H groups in total. The molecule has 0 atom stereocenters. The summed E-state index contributed by atoms with van der Waals surface area (Å²) in [5.74, 6) is 0. The van der Waals surface area contributed by atoms with Crippen LogP contribution in [0, 0.1) is 0 Å².